The summed E-state index contributed by atoms with van der Waals surface area (Å²) in [5.74, 6) is 0.205. The van der Waals surface area contributed by atoms with Gasteiger partial charge in [-0.15, -0.1) is 0 Å². The average molecular weight is 288 g/mol. The Hall–Kier alpha value is -1.39. The van der Waals surface area contributed by atoms with Gasteiger partial charge in [-0.25, -0.2) is 0 Å². The lowest BCUT2D eigenvalue weighted by molar-refractivity contribution is -0.132. The first kappa shape index (κ1) is 14.5. The second-order valence-corrected chi connectivity index (χ2v) is 6.59. The molecule has 2 aliphatic heterocycles. The smallest absolute Gasteiger partial charge is 0.241 e. The maximum atomic E-state index is 12.5. The van der Waals surface area contributed by atoms with Crippen LogP contribution < -0.4 is 5.32 Å². The first-order valence-electron chi connectivity index (χ1n) is 7.78. The van der Waals surface area contributed by atoms with E-state index in [0.29, 0.717) is 0 Å². The Labute approximate surface area is 126 Å². The van der Waals surface area contributed by atoms with Crippen LogP contribution in [-0.2, 0) is 9.53 Å². The first-order valence-corrected chi connectivity index (χ1v) is 7.78. The Bertz CT molecular complexity index is 497. The number of hydrogen-bond donors (Lipinski definition) is 1. The Morgan fingerprint density at radius 3 is 2.62 bits per heavy atom. The molecule has 0 aliphatic carbocycles. The van der Waals surface area contributed by atoms with Gasteiger partial charge in [-0.1, -0.05) is 37.3 Å². The minimum atomic E-state index is -0.112. The van der Waals surface area contributed by atoms with E-state index in [0.717, 1.165) is 38.2 Å². The monoisotopic (exact) mass is 288 g/mol. The van der Waals surface area contributed by atoms with Crippen molar-refractivity contribution in [1.82, 2.24) is 10.2 Å². The van der Waals surface area contributed by atoms with E-state index in [1.165, 1.54) is 0 Å². The van der Waals surface area contributed by atoms with Crippen molar-refractivity contribution in [1.29, 1.82) is 0 Å². The largest absolute Gasteiger partial charge is 0.381 e. The molecule has 0 bridgehead atoms. The van der Waals surface area contributed by atoms with E-state index >= 15 is 0 Å². The normalized spacial score (nSPS) is 28.9. The minimum Gasteiger partial charge on any atom is -0.381 e. The number of carbonyl (C=O) groups excluding carboxylic acids is 1. The lowest BCUT2D eigenvalue weighted by atomic mass is 9.81. The van der Waals surface area contributed by atoms with Gasteiger partial charge in [0.25, 0.3) is 0 Å². The van der Waals surface area contributed by atoms with E-state index in [-0.39, 0.29) is 23.5 Å². The van der Waals surface area contributed by atoms with Crippen LogP contribution in [0.2, 0.25) is 0 Å². The van der Waals surface area contributed by atoms with Gasteiger partial charge >= 0.3 is 0 Å². The number of nitrogens with one attached hydrogen (secondary N) is 1. The number of carbonyl (C=O) groups is 1. The van der Waals surface area contributed by atoms with Crippen LogP contribution in [0.3, 0.4) is 0 Å². The molecule has 0 spiro atoms. The maximum Gasteiger partial charge on any atom is 0.241 e. The number of benzene rings is 1. The summed E-state index contributed by atoms with van der Waals surface area (Å²) in [6.45, 7) is 6.62. The Morgan fingerprint density at radius 1 is 1.29 bits per heavy atom. The van der Waals surface area contributed by atoms with Gasteiger partial charge in [-0.05, 0) is 30.7 Å². The van der Waals surface area contributed by atoms with Crippen LogP contribution in [0.15, 0.2) is 30.3 Å². The van der Waals surface area contributed by atoms with E-state index < -0.39 is 0 Å². The molecule has 4 nitrogen and oxygen atoms in total. The first-order chi connectivity index (χ1) is 10.1. The fraction of sp³-hybridized carbons (Fsp3) is 0.588. The summed E-state index contributed by atoms with van der Waals surface area (Å²) >= 11 is 0. The van der Waals surface area contributed by atoms with Gasteiger partial charge in [0.05, 0.1) is 6.04 Å². The van der Waals surface area contributed by atoms with Crippen molar-refractivity contribution < 1.29 is 9.53 Å². The fourth-order valence-electron chi connectivity index (χ4n) is 3.29. The molecule has 4 heteroatoms. The van der Waals surface area contributed by atoms with Gasteiger partial charge in [0.15, 0.2) is 0 Å². The summed E-state index contributed by atoms with van der Waals surface area (Å²) in [6, 6.07) is 10.1. The lowest BCUT2D eigenvalue weighted by Gasteiger charge is -2.38. The summed E-state index contributed by atoms with van der Waals surface area (Å²) in [5, 5.41) is 3.42. The Morgan fingerprint density at radius 2 is 1.95 bits per heavy atom. The van der Waals surface area contributed by atoms with E-state index in [4.69, 9.17) is 4.74 Å². The molecular weight excluding hydrogens is 264 g/mol. The summed E-state index contributed by atoms with van der Waals surface area (Å²) in [6.07, 6.45) is 2.03. The van der Waals surface area contributed by atoms with Crippen LogP contribution in [0, 0.1) is 5.41 Å². The highest BCUT2D eigenvalue weighted by atomic mass is 16.5. The summed E-state index contributed by atoms with van der Waals surface area (Å²) < 4.78 is 5.47. The molecule has 2 saturated heterocycles. The van der Waals surface area contributed by atoms with Crippen molar-refractivity contribution in [3.8, 4) is 0 Å². The molecule has 2 heterocycles. The molecule has 2 fully saturated rings. The molecule has 2 aliphatic rings. The topological polar surface area (TPSA) is 41.6 Å². The summed E-state index contributed by atoms with van der Waals surface area (Å²) in [4.78, 5) is 14.6. The van der Waals surface area contributed by atoms with E-state index in [9.17, 15) is 4.79 Å². The molecule has 1 N–H and O–H groups in total. The predicted octanol–water partition coefficient (Wildman–Crippen LogP) is 2.32. The minimum absolute atomic E-state index is 0.00614. The molecule has 3 rings (SSSR count). The van der Waals surface area contributed by atoms with Gasteiger partial charge in [0.1, 0.15) is 6.17 Å². The second-order valence-electron chi connectivity index (χ2n) is 6.59. The molecule has 2 unspecified atom stereocenters. The second kappa shape index (κ2) is 5.78. The van der Waals surface area contributed by atoms with Gasteiger partial charge in [0, 0.05) is 19.8 Å². The van der Waals surface area contributed by atoms with Crippen molar-refractivity contribution in [2.75, 3.05) is 19.8 Å². The highest BCUT2D eigenvalue weighted by molar-refractivity contribution is 5.84. The zero-order valence-corrected chi connectivity index (χ0v) is 12.8. The lowest BCUT2D eigenvalue weighted by Crippen LogP contribution is -2.42. The zero-order chi connectivity index (χ0) is 14.9. The number of ether oxygens (including phenoxy) is 1. The third kappa shape index (κ3) is 2.97. The van der Waals surface area contributed by atoms with E-state index in [1.54, 1.807) is 0 Å². The number of nitrogens with zero attached hydrogens (tertiary/aromatic N) is 1. The number of rotatable bonds is 3. The molecular formula is C17H24N2O2. The van der Waals surface area contributed by atoms with Crippen molar-refractivity contribution in [3.63, 3.8) is 0 Å². The molecule has 1 amide bonds. The fourth-order valence-corrected chi connectivity index (χ4v) is 3.29. The average Bonchev–Trinajstić information content (AvgIpc) is 2.77. The van der Waals surface area contributed by atoms with Crippen molar-refractivity contribution in [2.24, 2.45) is 5.41 Å². The van der Waals surface area contributed by atoms with Crippen LogP contribution in [0.4, 0.5) is 0 Å². The molecule has 0 saturated carbocycles. The van der Waals surface area contributed by atoms with Gasteiger partial charge < -0.3 is 9.64 Å². The highest BCUT2D eigenvalue weighted by Gasteiger charge is 2.41. The molecule has 2 atom stereocenters. The summed E-state index contributed by atoms with van der Waals surface area (Å²) in [7, 11) is 0. The SMILES string of the molecule is CC1NC(c2ccccc2)N(CC2(C)CCOCC2)C1=O. The molecule has 21 heavy (non-hydrogen) atoms. The predicted molar refractivity (Wildman–Crippen MR) is 81.7 cm³/mol. The maximum absolute atomic E-state index is 12.5. The van der Waals surface area contributed by atoms with Crippen molar-refractivity contribution in [2.45, 2.75) is 38.9 Å². The third-order valence-electron chi connectivity index (χ3n) is 4.74. The molecule has 0 aromatic heterocycles. The van der Waals surface area contributed by atoms with Crippen LogP contribution in [0.25, 0.3) is 0 Å². The van der Waals surface area contributed by atoms with Crippen LogP contribution in [0.1, 0.15) is 38.4 Å². The van der Waals surface area contributed by atoms with Crippen molar-refractivity contribution >= 4 is 5.91 Å². The van der Waals surface area contributed by atoms with Crippen LogP contribution in [-0.4, -0.2) is 36.6 Å². The number of amides is 1. The van der Waals surface area contributed by atoms with E-state index in [2.05, 4.69) is 24.4 Å². The van der Waals surface area contributed by atoms with Gasteiger partial charge in [-0.2, -0.15) is 0 Å². The zero-order valence-electron chi connectivity index (χ0n) is 12.8. The standard InChI is InChI=1S/C17H24N2O2/c1-13-16(20)19(12-17(2)8-10-21-11-9-17)15(18-13)14-6-4-3-5-7-14/h3-7,13,15,18H,8-12H2,1-2H3. The third-order valence-corrected chi connectivity index (χ3v) is 4.74. The Kier molecular flexibility index (Phi) is 4.00. The number of hydrogen-bond acceptors (Lipinski definition) is 3. The van der Waals surface area contributed by atoms with Crippen LogP contribution >= 0.6 is 0 Å². The molecule has 1 aromatic rings. The van der Waals surface area contributed by atoms with Crippen LogP contribution in [0.5, 0.6) is 0 Å². The summed E-state index contributed by atoms with van der Waals surface area (Å²) in [5.41, 5.74) is 1.32. The highest BCUT2D eigenvalue weighted by Crippen LogP contribution is 2.35. The molecule has 1 aromatic carbocycles. The van der Waals surface area contributed by atoms with Crippen molar-refractivity contribution in [3.05, 3.63) is 35.9 Å². The van der Waals surface area contributed by atoms with E-state index in [1.807, 2.05) is 30.0 Å². The quantitative estimate of drug-likeness (QED) is 0.928. The molecule has 0 radical (unpaired) electrons. The van der Waals surface area contributed by atoms with Gasteiger partial charge in [-0.3, -0.25) is 10.1 Å². The van der Waals surface area contributed by atoms with Gasteiger partial charge in [0.2, 0.25) is 5.91 Å². The Balaban J connectivity index is 1.81. The molecule has 114 valence electrons.